The van der Waals surface area contributed by atoms with Crippen LogP contribution in [0.15, 0.2) is 24.3 Å². The van der Waals surface area contributed by atoms with E-state index in [2.05, 4.69) is 0 Å². The van der Waals surface area contributed by atoms with E-state index in [0.717, 1.165) is 5.56 Å². The maximum Gasteiger partial charge on any atom is 0.410 e. The summed E-state index contributed by atoms with van der Waals surface area (Å²) in [5.74, 6) is -1.67. The Bertz CT molecular complexity index is 576. The third-order valence-corrected chi connectivity index (χ3v) is 3.90. The highest BCUT2D eigenvalue weighted by atomic mass is 16.6. The first-order chi connectivity index (χ1) is 10.7. The van der Waals surface area contributed by atoms with Crippen LogP contribution in [0.2, 0.25) is 0 Å². The molecule has 2 atom stereocenters. The number of carbonyl (C=O) groups excluding carboxylic acids is 1. The highest BCUT2D eigenvalue weighted by Crippen LogP contribution is 2.34. The molecule has 0 bridgehead atoms. The van der Waals surface area contributed by atoms with E-state index in [4.69, 9.17) is 4.74 Å². The van der Waals surface area contributed by atoms with Gasteiger partial charge in [0.25, 0.3) is 0 Å². The van der Waals surface area contributed by atoms with E-state index in [9.17, 15) is 19.8 Å². The van der Waals surface area contributed by atoms with Gasteiger partial charge in [0, 0.05) is 19.0 Å². The van der Waals surface area contributed by atoms with E-state index in [1.54, 1.807) is 45.0 Å². The quantitative estimate of drug-likeness (QED) is 0.874. The lowest BCUT2D eigenvalue weighted by atomic mass is 9.80. The number of piperidine rings is 1. The third kappa shape index (κ3) is 4.37. The minimum atomic E-state index is -0.934. The molecule has 0 unspecified atom stereocenters. The van der Waals surface area contributed by atoms with Crippen LogP contribution in [-0.2, 0) is 9.53 Å². The van der Waals surface area contributed by atoms with E-state index in [0.29, 0.717) is 13.0 Å². The van der Waals surface area contributed by atoms with Crippen molar-refractivity contribution in [3.8, 4) is 5.75 Å². The average Bonchev–Trinajstić information content (AvgIpc) is 2.45. The van der Waals surface area contributed by atoms with Crippen molar-refractivity contribution in [1.82, 2.24) is 4.90 Å². The summed E-state index contributed by atoms with van der Waals surface area (Å²) in [5.41, 5.74) is 0.253. The lowest BCUT2D eigenvalue weighted by molar-refractivity contribution is -0.144. The summed E-state index contributed by atoms with van der Waals surface area (Å²) in [6.45, 7) is 5.91. The molecule has 6 nitrogen and oxygen atoms in total. The molecule has 1 aromatic rings. The molecule has 1 amide bonds. The Morgan fingerprint density at radius 3 is 2.35 bits per heavy atom. The molecular weight excluding hydrogens is 298 g/mol. The number of phenolic OH excluding ortho intramolecular Hbond substituents is 1. The van der Waals surface area contributed by atoms with Gasteiger partial charge >= 0.3 is 12.1 Å². The monoisotopic (exact) mass is 321 g/mol. The van der Waals surface area contributed by atoms with Gasteiger partial charge in [-0.1, -0.05) is 12.1 Å². The zero-order valence-corrected chi connectivity index (χ0v) is 13.7. The second-order valence-corrected chi connectivity index (χ2v) is 6.86. The number of carbonyl (C=O) groups is 2. The van der Waals surface area contributed by atoms with E-state index in [1.807, 2.05) is 0 Å². The maximum absolute atomic E-state index is 12.1. The van der Waals surface area contributed by atoms with Crippen LogP contribution in [0.3, 0.4) is 0 Å². The number of hydrogen-bond donors (Lipinski definition) is 2. The molecule has 1 heterocycles. The largest absolute Gasteiger partial charge is 0.508 e. The number of aliphatic carboxylic acids is 1. The number of likely N-dealkylation sites (tertiary alicyclic amines) is 1. The van der Waals surface area contributed by atoms with Crippen LogP contribution in [0.1, 0.15) is 38.7 Å². The van der Waals surface area contributed by atoms with E-state index in [-0.39, 0.29) is 18.2 Å². The number of rotatable bonds is 2. The SMILES string of the molecule is CC(C)(C)OC(=O)N1CC[C@@H](c2ccc(O)cc2)[C@H](C(=O)O)C1. The third-order valence-electron chi connectivity index (χ3n) is 3.90. The highest BCUT2D eigenvalue weighted by molar-refractivity contribution is 5.74. The van der Waals surface area contributed by atoms with Gasteiger partial charge in [-0.2, -0.15) is 0 Å². The summed E-state index contributed by atoms with van der Waals surface area (Å²) in [7, 11) is 0. The first-order valence-electron chi connectivity index (χ1n) is 7.67. The molecule has 23 heavy (non-hydrogen) atoms. The number of carboxylic acid groups (broad SMARTS) is 1. The molecule has 0 aliphatic carbocycles. The minimum Gasteiger partial charge on any atom is -0.508 e. The zero-order valence-electron chi connectivity index (χ0n) is 13.7. The Morgan fingerprint density at radius 2 is 1.83 bits per heavy atom. The molecule has 0 spiro atoms. The standard InChI is InChI=1S/C17H23NO5/c1-17(2,3)23-16(22)18-9-8-13(14(10-18)15(20)21)11-4-6-12(19)7-5-11/h4-7,13-14,19H,8-10H2,1-3H3,(H,20,21)/t13-,14+/m0/s1. The lowest BCUT2D eigenvalue weighted by Gasteiger charge is -2.37. The number of ether oxygens (including phenoxy) is 1. The van der Waals surface area contributed by atoms with Crippen molar-refractivity contribution in [1.29, 1.82) is 0 Å². The summed E-state index contributed by atoms with van der Waals surface area (Å²) >= 11 is 0. The highest BCUT2D eigenvalue weighted by Gasteiger charge is 2.38. The molecule has 2 N–H and O–H groups in total. The minimum absolute atomic E-state index is 0.121. The van der Waals surface area contributed by atoms with Gasteiger partial charge in [-0.15, -0.1) is 0 Å². The van der Waals surface area contributed by atoms with Gasteiger partial charge < -0.3 is 19.8 Å². The lowest BCUT2D eigenvalue weighted by Crippen LogP contribution is -2.47. The number of nitrogens with zero attached hydrogens (tertiary/aromatic N) is 1. The molecule has 0 radical (unpaired) electrons. The molecule has 0 saturated carbocycles. The smallest absolute Gasteiger partial charge is 0.410 e. The predicted molar refractivity (Wildman–Crippen MR) is 84.4 cm³/mol. The Hall–Kier alpha value is -2.24. The van der Waals surface area contributed by atoms with E-state index in [1.165, 1.54) is 4.90 Å². The fraction of sp³-hybridized carbons (Fsp3) is 0.529. The number of hydrogen-bond acceptors (Lipinski definition) is 4. The molecule has 1 fully saturated rings. The molecular formula is C17H23NO5. The number of phenols is 1. The Labute approximate surface area is 135 Å². The van der Waals surface area contributed by atoms with Crippen LogP contribution in [0.4, 0.5) is 4.79 Å². The molecule has 1 aliphatic heterocycles. The molecule has 2 rings (SSSR count). The van der Waals surface area contributed by atoms with Crippen LogP contribution >= 0.6 is 0 Å². The number of benzene rings is 1. The predicted octanol–water partition coefficient (Wildman–Crippen LogP) is 2.82. The maximum atomic E-state index is 12.1. The van der Waals surface area contributed by atoms with Crippen molar-refractivity contribution in [3.63, 3.8) is 0 Å². The topological polar surface area (TPSA) is 87.1 Å². The van der Waals surface area contributed by atoms with Gasteiger partial charge in [-0.05, 0) is 44.9 Å². The first-order valence-corrected chi connectivity index (χ1v) is 7.67. The fourth-order valence-electron chi connectivity index (χ4n) is 2.82. The van der Waals surface area contributed by atoms with Gasteiger partial charge in [0.1, 0.15) is 11.4 Å². The van der Waals surface area contributed by atoms with Crippen molar-refractivity contribution in [2.24, 2.45) is 5.92 Å². The van der Waals surface area contributed by atoms with Gasteiger partial charge in [-0.25, -0.2) is 4.79 Å². The first kappa shape index (κ1) is 17.1. The number of carboxylic acids is 1. The van der Waals surface area contributed by atoms with Crippen LogP contribution < -0.4 is 0 Å². The van der Waals surface area contributed by atoms with E-state index < -0.39 is 23.6 Å². The van der Waals surface area contributed by atoms with Crippen LogP contribution in [0, 0.1) is 5.92 Å². The normalized spacial score (nSPS) is 21.8. The van der Waals surface area contributed by atoms with Crippen molar-refractivity contribution >= 4 is 12.1 Å². The van der Waals surface area contributed by atoms with Gasteiger partial charge in [-0.3, -0.25) is 4.79 Å². The Morgan fingerprint density at radius 1 is 1.22 bits per heavy atom. The fourth-order valence-corrected chi connectivity index (χ4v) is 2.82. The molecule has 126 valence electrons. The number of aromatic hydroxyl groups is 1. The van der Waals surface area contributed by atoms with Crippen LogP contribution in [0.25, 0.3) is 0 Å². The molecule has 0 aromatic heterocycles. The molecule has 1 saturated heterocycles. The molecule has 6 heteroatoms. The summed E-state index contributed by atoms with van der Waals surface area (Å²) in [6, 6.07) is 6.57. The summed E-state index contributed by atoms with van der Waals surface area (Å²) in [5, 5.41) is 18.9. The zero-order chi connectivity index (χ0) is 17.2. The Kier molecular flexibility index (Phi) is 4.82. The van der Waals surface area contributed by atoms with Crippen molar-refractivity contribution in [3.05, 3.63) is 29.8 Å². The summed E-state index contributed by atoms with van der Waals surface area (Å²) < 4.78 is 5.32. The van der Waals surface area contributed by atoms with Crippen molar-refractivity contribution < 1.29 is 24.5 Å². The second-order valence-electron chi connectivity index (χ2n) is 6.86. The molecule has 1 aliphatic rings. The van der Waals surface area contributed by atoms with E-state index >= 15 is 0 Å². The Balaban J connectivity index is 2.13. The van der Waals surface area contributed by atoms with Crippen LogP contribution in [0.5, 0.6) is 5.75 Å². The van der Waals surface area contributed by atoms with Crippen molar-refractivity contribution in [2.45, 2.75) is 38.7 Å². The van der Waals surface area contributed by atoms with Crippen LogP contribution in [-0.4, -0.2) is 45.9 Å². The summed E-state index contributed by atoms with van der Waals surface area (Å²) in [4.78, 5) is 25.2. The number of amides is 1. The van der Waals surface area contributed by atoms with Gasteiger partial charge in [0.15, 0.2) is 0 Å². The summed E-state index contributed by atoms with van der Waals surface area (Å²) in [6.07, 6.45) is 0.0639. The van der Waals surface area contributed by atoms with Crippen molar-refractivity contribution in [2.75, 3.05) is 13.1 Å². The van der Waals surface area contributed by atoms with Gasteiger partial charge in [0.05, 0.1) is 5.92 Å². The van der Waals surface area contributed by atoms with Gasteiger partial charge in [0.2, 0.25) is 0 Å². The second kappa shape index (κ2) is 6.48. The molecule has 1 aromatic carbocycles. The average molecular weight is 321 g/mol.